The molecule has 0 bridgehead atoms. The van der Waals surface area contributed by atoms with Crippen molar-refractivity contribution in [1.29, 1.82) is 0 Å². The van der Waals surface area contributed by atoms with Gasteiger partial charge in [0.2, 0.25) is 0 Å². The number of benzene rings is 2. The summed E-state index contributed by atoms with van der Waals surface area (Å²) < 4.78 is 5.47. The van der Waals surface area contributed by atoms with E-state index in [0.29, 0.717) is 12.5 Å². The van der Waals surface area contributed by atoms with E-state index in [2.05, 4.69) is 43.5 Å². The third kappa shape index (κ3) is 3.84. The molecule has 3 N–H and O–H groups in total. The van der Waals surface area contributed by atoms with Crippen LogP contribution in [-0.2, 0) is 0 Å². The van der Waals surface area contributed by atoms with Gasteiger partial charge >= 0.3 is 0 Å². The summed E-state index contributed by atoms with van der Waals surface area (Å²) in [5.41, 5.74) is 6.51. The number of nitrogens with one attached hydrogen (secondary N) is 1. The Morgan fingerprint density at radius 2 is 1.38 bits per heavy atom. The first kappa shape index (κ1) is 15.5. The Morgan fingerprint density at radius 1 is 0.905 bits per heavy atom. The molecule has 0 spiro atoms. The van der Waals surface area contributed by atoms with E-state index in [9.17, 15) is 0 Å². The van der Waals surface area contributed by atoms with Crippen molar-refractivity contribution < 1.29 is 4.74 Å². The molecule has 3 nitrogen and oxygen atoms in total. The largest absolute Gasteiger partial charge is 0.494 e. The van der Waals surface area contributed by atoms with Crippen LogP contribution in [0.1, 0.15) is 49.4 Å². The second kappa shape index (κ2) is 7.25. The summed E-state index contributed by atoms with van der Waals surface area (Å²) >= 11 is 0. The molecule has 0 heterocycles. The van der Waals surface area contributed by atoms with Gasteiger partial charge in [0.05, 0.1) is 12.6 Å². The molecule has 1 unspecified atom stereocenters. The van der Waals surface area contributed by atoms with Crippen LogP contribution in [0.5, 0.6) is 5.75 Å². The van der Waals surface area contributed by atoms with E-state index < -0.39 is 0 Å². The van der Waals surface area contributed by atoms with Crippen LogP contribution in [0.3, 0.4) is 0 Å². The van der Waals surface area contributed by atoms with Gasteiger partial charge in [-0.15, -0.1) is 0 Å². The maximum absolute atomic E-state index is 5.75. The number of ether oxygens (including phenoxy) is 1. The molecule has 2 aromatic carbocycles. The highest BCUT2D eigenvalue weighted by Crippen LogP contribution is 2.25. The summed E-state index contributed by atoms with van der Waals surface area (Å²) in [6, 6.07) is 16.6. The molecule has 112 valence electrons. The van der Waals surface area contributed by atoms with Crippen molar-refractivity contribution in [1.82, 2.24) is 5.43 Å². The molecular weight excluding hydrogens is 260 g/mol. The molecule has 0 saturated carbocycles. The summed E-state index contributed by atoms with van der Waals surface area (Å²) in [5.74, 6) is 7.17. The van der Waals surface area contributed by atoms with E-state index >= 15 is 0 Å². The zero-order valence-electron chi connectivity index (χ0n) is 13.0. The Labute approximate surface area is 127 Å². The van der Waals surface area contributed by atoms with Gasteiger partial charge in [0, 0.05) is 0 Å². The van der Waals surface area contributed by atoms with Crippen LogP contribution in [0, 0.1) is 0 Å². The van der Waals surface area contributed by atoms with Crippen molar-refractivity contribution in [3.05, 3.63) is 65.2 Å². The predicted molar refractivity (Wildman–Crippen MR) is 87.3 cm³/mol. The van der Waals surface area contributed by atoms with E-state index in [4.69, 9.17) is 10.6 Å². The minimum atomic E-state index is -0.0121. The highest BCUT2D eigenvalue weighted by Gasteiger charge is 2.12. The highest BCUT2D eigenvalue weighted by atomic mass is 16.5. The molecule has 0 aliphatic heterocycles. The Morgan fingerprint density at radius 3 is 1.81 bits per heavy atom. The third-order valence-corrected chi connectivity index (χ3v) is 3.63. The minimum Gasteiger partial charge on any atom is -0.494 e. The van der Waals surface area contributed by atoms with E-state index in [0.717, 1.165) is 16.9 Å². The van der Waals surface area contributed by atoms with Gasteiger partial charge in [-0.05, 0) is 41.7 Å². The quantitative estimate of drug-likeness (QED) is 0.627. The Balaban J connectivity index is 2.22. The zero-order chi connectivity index (χ0) is 15.2. The number of hydrazine groups is 1. The topological polar surface area (TPSA) is 47.3 Å². The first-order valence-corrected chi connectivity index (χ1v) is 7.44. The van der Waals surface area contributed by atoms with Crippen LogP contribution in [0.25, 0.3) is 0 Å². The van der Waals surface area contributed by atoms with Gasteiger partial charge < -0.3 is 4.74 Å². The maximum Gasteiger partial charge on any atom is 0.119 e. The molecule has 0 radical (unpaired) electrons. The normalized spacial score (nSPS) is 12.4. The van der Waals surface area contributed by atoms with Crippen LogP contribution in [-0.4, -0.2) is 6.61 Å². The van der Waals surface area contributed by atoms with Crippen molar-refractivity contribution >= 4 is 0 Å². The standard InChI is InChI=1S/C18H24N2O/c1-4-21-17-11-9-16(10-12-17)18(20-19)15-7-5-14(6-8-15)13(2)3/h5-13,18,20H,4,19H2,1-3H3. The first-order valence-electron chi connectivity index (χ1n) is 7.44. The SMILES string of the molecule is CCOc1ccc(C(NN)c2ccc(C(C)C)cc2)cc1. The van der Waals surface area contributed by atoms with Gasteiger partial charge in [-0.3, -0.25) is 5.84 Å². The maximum atomic E-state index is 5.75. The molecule has 1 atom stereocenters. The number of hydrogen-bond donors (Lipinski definition) is 2. The molecule has 0 aliphatic rings. The van der Waals surface area contributed by atoms with Gasteiger partial charge in [0.1, 0.15) is 5.75 Å². The number of hydrogen-bond acceptors (Lipinski definition) is 3. The van der Waals surface area contributed by atoms with Gasteiger partial charge in [0.15, 0.2) is 0 Å². The Hall–Kier alpha value is -1.84. The average Bonchev–Trinajstić information content (AvgIpc) is 2.50. The zero-order valence-corrected chi connectivity index (χ0v) is 13.0. The summed E-state index contributed by atoms with van der Waals surface area (Å²) in [4.78, 5) is 0. The van der Waals surface area contributed by atoms with Crippen LogP contribution < -0.4 is 16.0 Å². The molecule has 0 aromatic heterocycles. The summed E-state index contributed by atoms with van der Waals surface area (Å²) in [7, 11) is 0. The molecule has 3 heteroatoms. The van der Waals surface area contributed by atoms with Gasteiger partial charge in [0.25, 0.3) is 0 Å². The lowest BCUT2D eigenvalue weighted by molar-refractivity contribution is 0.340. The van der Waals surface area contributed by atoms with Crippen LogP contribution in [0.2, 0.25) is 0 Å². The van der Waals surface area contributed by atoms with Crippen molar-refractivity contribution in [2.24, 2.45) is 5.84 Å². The second-order valence-electron chi connectivity index (χ2n) is 5.42. The lowest BCUT2D eigenvalue weighted by Crippen LogP contribution is -2.28. The fraction of sp³-hybridized carbons (Fsp3) is 0.333. The summed E-state index contributed by atoms with van der Waals surface area (Å²) in [5, 5.41) is 0. The molecule has 0 aliphatic carbocycles. The minimum absolute atomic E-state index is 0.0121. The molecule has 0 saturated heterocycles. The Kier molecular flexibility index (Phi) is 5.37. The third-order valence-electron chi connectivity index (χ3n) is 3.63. The van der Waals surface area contributed by atoms with Crippen molar-refractivity contribution in [2.75, 3.05) is 6.61 Å². The number of nitrogens with two attached hydrogens (primary N) is 1. The van der Waals surface area contributed by atoms with Gasteiger partial charge in [-0.2, -0.15) is 0 Å². The molecule has 21 heavy (non-hydrogen) atoms. The molecule has 2 rings (SSSR count). The highest BCUT2D eigenvalue weighted by molar-refractivity contribution is 5.36. The lowest BCUT2D eigenvalue weighted by Gasteiger charge is -2.18. The van der Waals surface area contributed by atoms with E-state index in [-0.39, 0.29) is 6.04 Å². The first-order chi connectivity index (χ1) is 10.2. The van der Waals surface area contributed by atoms with Crippen molar-refractivity contribution in [3.8, 4) is 5.75 Å². The Bertz CT molecular complexity index is 546. The van der Waals surface area contributed by atoms with Crippen molar-refractivity contribution in [2.45, 2.75) is 32.7 Å². The van der Waals surface area contributed by atoms with Gasteiger partial charge in [-0.1, -0.05) is 50.2 Å². The smallest absolute Gasteiger partial charge is 0.119 e. The second-order valence-corrected chi connectivity index (χ2v) is 5.42. The number of rotatable bonds is 6. The van der Waals surface area contributed by atoms with Crippen LogP contribution in [0.4, 0.5) is 0 Å². The van der Waals surface area contributed by atoms with E-state index in [1.807, 2.05) is 31.2 Å². The lowest BCUT2D eigenvalue weighted by atomic mass is 9.95. The molecule has 2 aromatic rings. The fourth-order valence-electron chi connectivity index (χ4n) is 2.38. The summed E-state index contributed by atoms with van der Waals surface area (Å²) in [6.07, 6.45) is 0. The van der Waals surface area contributed by atoms with Crippen LogP contribution in [0.15, 0.2) is 48.5 Å². The molecule has 0 fully saturated rings. The summed E-state index contributed by atoms with van der Waals surface area (Å²) in [6.45, 7) is 7.04. The fourth-order valence-corrected chi connectivity index (χ4v) is 2.38. The average molecular weight is 284 g/mol. The predicted octanol–water partition coefficient (Wildman–Crippen LogP) is 3.76. The molecular formula is C18H24N2O. The molecule has 0 amide bonds. The monoisotopic (exact) mass is 284 g/mol. The van der Waals surface area contributed by atoms with E-state index in [1.165, 1.54) is 5.56 Å². The van der Waals surface area contributed by atoms with Gasteiger partial charge in [-0.25, -0.2) is 5.43 Å². The van der Waals surface area contributed by atoms with E-state index in [1.54, 1.807) is 0 Å². The van der Waals surface area contributed by atoms with Crippen LogP contribution >= 0.6 is 0 Å². The van der Waals surface area contributed by atoms with Crippen molar-refractivity contribution in [3.63, 3.8) is 0 Å².